The van der Waals surface area contributed by atoms with Crippen LogP contribution in [0.4, 0.5) is 0 Å². The molecule has 2 N–H and O–H groups in total. The van der Waals surface area contributed by atoms with Gasteiger partial charge >= 0.3 is 0 Å². The van der Waals surface area contributed by atoms with E-state index in [1.54, 1.807) is 0 Å². The first-order valence-electron chi connectivity index (χ1n) is 14.0. The fourth-order valence-corrected chi connectivity index (χ4v) is 10.7. The number of carbonyl (C=O) groups excluding carboxylic acids is 1. The molecule has 1 unspecified atom stereocenters. The molecule has 14 atom stereocenters. The van der Waals surface area contributed by atoms with E-state index in [-0.39, 0.29) is 29.6 Å². The predicted molar refractivity (Wildman–Crippen MR) is 127 cm³/mol. The van der Waals surface area contributed by atoms with Crippen molar-refractivity contribution in [3.8, 4) is 0 Å². The van der Waals surface area contributed by atoms with Crippen molar-refractivity contribution in [2.45, 2.75) is 110 Å². The maximum absolute atomic E-state index is 13.4. The van der Waals surface area contributed by atoms with Crippen LogP contribution < -0.4 is 0 Å². The van der Waals surface area contributed by atoms with E-state index in [4.69, 9.17) is 4.74 Å². The zero-order chi connectivity index (χ0) is 23.7. The summed E-state index contributed by atoms with van der Waals surface area (Å²) in [6.07, 6.45) is 5.55. The van der Waals surface area contributed by atoms with Gasteiger partial charge in [0.2, 0.25) is 0 Å². The highest BCUT2D eigenvalue weighted by molar-refractivity contribution is 5.89. The number of hydrogen-bond acceptors (Lipinski definition) is 4. The second-order valence-corrected chi connectivity index (χ2v) is 14.2. The van der Waals surface area contributed by atoms with E-state index >= 15 is 0 Å². The van der Waals surface area contributed by atoms with Gasteiger partial charge in [0, 0.05) is 18.8 Å². The van der Waals surface area contributed by atoms with Crippen molar-refractivity contribution in [2.75, 3.05) is 0 Å². The van der Waals surface area contributed by atoms with Gasteiger partial charge in [0.1, 0.15) is 11.4 Å². The van der Waals surface area contributed by atoms with Gasteiger partial charge in [0.05, 0.1) is 23.7 Å². The van der Waals surface area contributed by atoms with Gasteiger partial charge < -0.3 is 14.9 Å². The number of epoxide rings is 1. The quantitative estimate of drug-likeness (QED) is 0.591. The average Bonchev–Trinajstić information content (AvgIpc) is 3.62. The lowest BCUT2D eigenvalue weighted by Crippen LogP contribution is -2.66. The molecule has 1 spiro atoms. The normalized spacial score (nSPS) is 58.7. The molecule has 0 amide bonds. The van der Waals surface area contributed by atoms with Crippen molar-refractivity contribution in [2.24, 2.45) is 64.1 Å². The second kappa shape index (κ2) is 7.07. The number of ether oxygens (including phenoxy) is 1. The summed E-state index contributed by atoms with van der Waals surface area (Å²) in [6, 6.07) is 0. The third kappa shape index (κ3) is 2.84. The summed E-state index contributed by atoms with van der Waals surface area (Å²) in [6.45, 7) is 14.3. The van der Waals surface area contributed by atoms with Crippen LogP contribution in [0.25, 0.3) is 0 Å². The summed E-state index contributed by atoms with van der Waals surface area (Å²) in [5.74, 6) is 5.74. The van der Waals surface area contributed by atoms with Crippen LogP contribution in [0.3, 0.4) is 0 Å². The number of carbonyl (C=O) groups is 1. The van der Waals surface area contributed by atoms with Crippen molar-refractivity contribution >= 4 is 5.78 Å². The Labute approximate surface area is 200 Å². The highest BCUT2D eigenvalue weighted by Gasteiger charge is 2.80. The zero-order valence-electron chi connectivity index (χ0n) is 21.6. The van der Waals surface area contributed by atoms with Gasteiger partial charge in [0.15, 0.2) is 0 Å². The number of aliphatic hydroxyl groups excluding tert-OH is 2. The van der Waals surface area contributed by atoms with Crippen LogP contribution in [0.1, 0.15) is 86.5 Å². The van der Waals surface area contributed by atoms with E-state index in [1.807, 2.05) is 0 Å². The molecule has 1 aliphatic heterocycles. The molecule has 186 valence electrons. The van der Waals surface area contributed by atoms with Gasteiger partial charge in [-0.1, -0.05) is 34.6 Å². The Bertz CT molecular complexity index is 839. The van der Waals surface area contributed by atoms with E-state index in [0.29, 0.717) is 24.2 Å². The Hall–Kier alpha value is -0.450. The van der Waals surface area contributed by atoms with Gasteiger partial charge in [-0.15, -0.1) is 0 Å². The lowest BCUT2D eigenvalue weighted by Gasteiger charge is -2.60. The molecule has 4 nitrogen and oxygen atoms in total. The molecule has 5 saturated carbocycles. The van der Waals surface area contributed by atoms with Crippen LogP contribution in [0.5, 0.6) is 0 Å². The Balaban J connectivity index is 1.27. The fraction of sp³-hybridized carbons (Fsp3) is 0.966. The SMILES string of the molecule is CC(C)[C@@H](C)[C@H]1C[C@@H]1[C@@H](C)[C@H]1CC[C@H]2[C@@H]3C[C@H]4O[C@]45CC(O)CC(=O)[C@]5(C)[C@H]3[C@H](O)C[C@]12C. The molecule has 33 heavy (non-hydrogen) atoms. The molecule has 1 heterocycles. The van der Waals surface area contributed by atoms with Crippen LogP contribution in [-0.2, 0) is 9.53 Å². The molecular formula is C29H46O4. The minimum atomic E-state index is -0.640. The van der Waals surface area contributed by atoms with E-state index in [0.717, 1.165) is 42.4 Å². The van der Waals surface area contributed by atoms with Gasteiger partial charge in [-0.05, 0) is 91.8 Å². The average molecular weight is 459 g/mol. The summed E-state index contributed by atoms with van der Waals surface area (Å²) in [5, 5.41) is 22.1. The third-order valence-corrected chi connectivity index (χ3v) is 12.8. The van der Waals surface area contributed by atoms with Crippen LogP contribution in [0.15, 0.2) is 0 Å². The highest BCUT2D eigenvalue weighted by atomic mass is 16.6. The summed E-state index contributed by atoms with van der Waals surface area (Å²) >= 11 is 0. The molecule has 0 radical (unpaired) electrons. The maximum atomic E-state index is 13.4. The van der Waals surface area contributed by atoms with E-state index < -0.39 is 23.2 Å². The smallest absolute Gasteiger partial charge is 0.144 e. The van der Waals surface area contributed by atoms with Crippen LogP contribution in [0.2, 0.25) is 0 Å². The number of Topliss-reactive ketones (excluding diaryl/α,β-unsaturated/α-hetero) is 1. The first-order valence-corrected chi connectivity index (χ1v) is 14.0. The summed E-state index contributed by atoms with van der Waals surface area (Å²) in [7, 11) is 0. The Morgan fingerprint density at radius 2 is 1.73 bits per heavy atom. The molecule has 4 heteroatoms. The summed E-state index contributed by atoms with van der Waals surface area (Å²) in [4.78, 5) is 13.4. The standard InChI is InChI=1S/C29H46O4/c1-14(2)15(3)18-10-19(18)16(4)21-7-8-22-20-11-25-29(33-25)12-17(30)9-24(32)28(29,6)26(20)23(31)13-27(21,22)5/h14-23,25-26,30-31H,7-13H2,1-6H3/t15-,16-,17?,18-,19-,20+,21-,22+,23-,25-,26-,27-,28-,29-/m1/s1. The van der Waals surface area contributed by atoms with Crippen molar-refractivity contribution in [1.29, 1.82) is 0 Å². The Morgan fingerprint density at radius 3 is 2.42 bits per heavy atom. The van der Waals surface area contributed by atoms with Crippen LogP contribution >= 0.6 is 0 Å². The van der Waals surface area contributed by atoms with Gasteiger partial charge in [-0.2, -0.15) is 0 Å². The molecule has 0 aromatic carbocycles. The predicted octanol–water partition coefficient (Wildman–Crippen LogP) is 4.85. The molecule has 6 fully saturated rings. The summed E-state index contributed by atoms with van der Waals surface area (Å²) < 4.78 is 6.33. The van der Waals surface area contributed by atoms with Crippen molar-refractivity contribution in [3.63, 3.8) is 0 Å². The Morgan fingerprint density at radius 1 is 1.00 bits per heavy atom. The highest BCUT2D eigenvalue weighted by Crippen LogP contribution is 2.74. The third-order valence-electron chi connectivity index (χ3n) is 12.8. The van der Waals surface area contributed by atoms with Crippen molar-refractivity contribution < 1.29 is 19.7 Å². The lowest BCUT2D eigenvalue weighted by molar-refractivity contribution is -0.180. The minimum absolute atomic E-state index is 0.0157. The summed E-state index contributed by atoms with van der Waals surface area (Å²) in [5.41, 5.74) is -0.994. The fourth-order valence-electron chi connectivity index (χ4n) is 10.7. The molecule has 5 aliphatic carbocycles. The topological polar surface area (TPSA) is 70.1 Å². The van der Waals surface area contributed by atoms with Crippen LogP contribution in [-0.4, -0.2) is 39.9 Å². The number of hydrogen-bond donors (Lipinski definition) is 2. The molecule has 6 aliphatic rings. The van der Waals surface area contributed by atoms with Crippen molar-refractivity contribution in [3.05, 3.63) is 0 Å². The zero-order valence-corrected chi connectivity index (χ0v) is 21.6. The number of aliphatic hydroxyl groups is 2. The first kappa shape index (κ1) is 23.0. The number of ketones is 1. The number of rotatable bonds is 4. The molecule has 0 aromatic heterocycles. The Kier molecular flexibility index (Phi) is 4.92. The molecule has 0 bridgehead atoms. The first-order chi connectivity index (χ1) is 15.5. The molecule has 6 rings (SSSR count). The van der Waals surface area contributed by atoms with E-state index in [1.165, 1.54) is 19.3 Å². The van der Waals surface area contributed by atoms with Crippen LogP contribution in [0, 0.1) is 64.1 Å². The molecule has 1 saturated heterocycles. The van der Waals surface area contributed by atoms with Crippen molar-refractivity contribution in [1.82, 2.24) is 0 Å². The van der Waals surface area contributed by atoms with Gasteiger partial charge in [-0.3, -0.25) is 4.79 Å². The maximum Gasteiger partial charge on any atom is 0.144 e. The number of fused-ring (bicyclic) bond motifs is 4. The van der Waals surface area contributed by atoms with Gasteiger partial charge in [0.25, 0.3) is 0 Å². The minimum Gasteiger partial charge on any atom is -0.393 e. The molecule has 0 aromatic rings. The molecular weight excluding hydrogens is 412 g/mol. The largest absolute Gasteiger partial charge is 0.393 e. The van der Waals surface area contributed by atoms with Gasteiger partial charge in [-0.25, -0.2) is 0 Å². The van der Waals surface area contributed by atoms with E-state index in [9.17, 15) is 15.0 Å². The lowest BCUT2D eigenvalue weighted by atomic mass is 9.43. The second-order valence-electron chi connectivity index (χ2n) is 14.2. The monoisotopic (exact) mass is 458 g/mol. The van der Waals surface area contributed by atoms with E-state index in [2.05, 4.69) is 41.5 Å².